The maximum absolute atomic E-state index is 6.69. The Kier molecular flexibility index (Phi) is 6.10. The third-order valence-electron chi connectivity index (χ3n) is 11.9. The predicted molar refractivity (Wildman–Crippen MR) is 235 cm³/mol. The van der Waals surface area contributed by atoms with Gasteiger partial charge < -0.3 is 9.32 Å². The van der Waals surface area contributed by atoms with Crippen molar-refractivity contribution in [1.29, 1.82) is 0 Å². The Morgan fingerprint density at radius 3 is 1.84 bits per heavy atom. The van der Waals surface area contributed by atoms with Crippen molar-refractivity contribution in [2.75, 3.05) is 4.90 Å². The molecule has 0 saturated heterocycles. The van der Waals surface area contributed by atoms with Gasteiger partial charge in [-0.15, -0.1) is 0 Å². The first-order chi connectivity index (χ1) is 28.3. The molecule has 4 heterocycles. The van der Waals surface area contributed by atoms with Gasteiger partial charge in [0.15, 0.2) is 17.2 Å². The SMILES string of the molecule is c1ccc2cc3c(cc2c1)-c1cccc2cccc(c12)N3c1cc(-c2nc(-n3c4ccccc4c4ccccc43)c3oc4ccccc4c3n2)c2ccccc2c1. The number of rotatable bonds is 3. The predicted octanol–water partition coefficient (Wildman–Crippen LogP) is 14.0. The van der Waals surface area contributed by atoms with Crippen molar-refractivity contribution in [1.82, 2.24) is 14.5 Å². The zero-order valence-electron chi connectivity index (χ0n) is 30.5. The Hall–Kier alpha value is -7.76. The Bertz CT molecular complexity index is 3610. The number of nitrogens with zero attached hydrogens (tertiary/aromatic N) is 4. The molecule has 0 amide bonds. The Morgan fingerprint density at radius 1 is 0.421 bits per heavy atom. The first-order valence-electron chi connectivity index (χ1n) is 19.3. The molecular formula is C52H30N4O. The van der Waals surface area contributed by atoms with E-state index in [4.69, 9.17) is 14.4 Å². The molecule has 9 aromatic carbocycles. The Morgan fingerprint density at radius 2 is 1.05 bits per heavy atom. The number of hydrogen-bond acceptors (Lipinski definition) is 4. The standard InChI is InChI=1S/C52H30N4O/c1-2-14-33-29-46-41(28-32(33)13-1)39-22-11-16-31-17-12-25-45(48(31)39)55(46)35-27-34-15-3-4-18-36(34)42(30-35)51-53-49-40-21-7-10-26-47(40)57-50(49)52(54-51)56-43-23-8-5-19-37(43)38-20-6-9-24-44(38)56/h1-30H. The normalized spacial score (nSPS) is 12.5. The molecule has 5 nitrogen and oxygen atoms in total. The second-order valence-corrected chi connectivity index (χ2v) is 15.0. The fraction of sp³-hybridized carbons (Fsp3) is 0. The lowest BCUT2D eigenvalue weighted by Gasteiger charge is -2.34. The number of hydrogen-bond donors (Lipinski definition) is 0. The van der Waals surface area contributed by atoms with Crippen LogP contribution in [0.1, 0.15) is 0 Å². The molecule has 0 saturated carbocycles. The van der Waals surface area contributed by atoms with Crippen molar-refractivity contribution < 1.29 is 4.42 Å². The summed E-state index contributed by atoms with van der Waals surface area (Å²) in [6.45, 7) is 0. The van der Waals surface area contributed by atoms with E-state index in [0.717, 1.165) is 71.7 Å². The van der Waals surface area contributed by atoms with Crippen molar-refractivity contribution in [3.05, 3.63) is 182 Å². The van der Waals surface area contributed by atoms with Crippen molar-refractivity contribution >= 4 is 93.3 Å². The molecule has 0 fully saturated rings. The van der Waals surface area contributed by atoms with Crippen LogP contribution < -0.4 is 4.90 Å². The van der Waals surface area contributed by atoms with Crippen LogP contribution in [0.2, 0.25) is 0 Å². The molecule has 0 aliphatic carbocycles. The van der Waals surface area contributed by atoms with Crippen LogP contribution in [0.25, 0.3) is 105 Å². The van der Waals surface area contributed by atoms with E-state index in [1.54, 1.807) is 0 Å². The van der Waals surface area contributed by atoms with Crippen LogP contribution in [-0.4, -0.2) is 14.5 Å². The minimum Gasteiger partial charge on any atom is -0.450 e. The minimum absolute atomic E-state index is 0.637. The van der Waals surface area contributed by atoms with Crippen LogP contribution in [0.5, 0.6) is 0 Å². The summed E-state index contributed by atoms with van der Waals surface area (Å²) in [7, 11) is 0. The maximum atomic E-state index is 6.69. The van der Waals surface area contributed by atoms with Gasteiger partial charge in [-0.2, -0.15) is 0 Å². The summed E-state index contributed by atoms with van der Waals surface area (Å²) in [4.78, 5) is 13.4. The Labute approximate surface area is 326 Å². The first kappa shape index (κ1) is 30.6. The molecular weight excluding hydrogens is 697 g/mol. The summed E-state index contributed by atoms with van der Waals surface area (Å²) in [5.74, 6) is 1.35. The quantitative estimate of drug-likeness (QED) is 0.182. The van der Waals surface area contributed by atoms with Crippen molar-refractivity contribution in [3.63, 3.8) is 0 Å². The molecule has 3 aromatic heterocycles. The van der Waals surface area contributed by atoms with Gasteiger partial charge in [0.05, 0.1) is 22.4 Å². The van der Waals surface area contributed by atoms with Gasteiger partial charge in [0.2, 0.25) is 0 Å². The smallest absolute Gasteiger partial charge is 0.197 e. The molecule has 0 radical (unpaired) electrons. The lowest BCUT2D eigenvalue weighted by atomic mass is 9.89. The van der Waals surface area contributed by atoms with Crippen LogP contribution in [0, 0.1) is 0 Å². The molecule has 0 spiro atoms. The fourth-order valence-electron chi connectivity index (χ4n) is 9.38. The highest BCUT2D eigenvalue weighted by Crippen LogP contribution is 2.53. The van der Waals surface area contributed by atoms with E-state index in [9.17, 15) is 0 Å². The van der Waals surface area contributed by atoms with Gasteiger partial charge in [-0.05, 0) is 87.1 Å². The van der Waals surface area contributed by atoms with Gasteiger partial charge in [0.25, 0.3) is 0 Å². The average molecular weight is 727 g/mol. The Balaban J connectivity index is 1.14. The van der Waals surface area contributed by atoms with E-state index in [-0.39, 0.29) is 0 Å². The third-order valence-corrected chi connectivity index (χ3v) is 11.9. The van der Waals surface area contributed by atoms with Crippen LogP contribution >= 0.6 is 0 Å². The zero-order valence-corrected chi connectivity index (χ0v) is 30.5. The average Bonchev–Trinajstić information content (AvgIpc) is 3.81. The van der Waals surface area contributed by atoms with Gasteiger partial charge in [0, 0.05) is 38.4 Å². The van der Waals surface area contributed by atoms with E-state index in [1.807, 2.05) is 18.2 Å². The summed E-state index contributed by atoms with van der Waals surface area (Å²) < 4.78 is 8.93. The number of benzene rings is 9. The lowest BCUT2D eigenvalue weighted by Crippen LogP contribution is -2.15. The van der Waals surface area contributed by atoms with Crippen LogP contribution in [-0.2, 0) is 0 Å². The van der Waals surface area contributed by atoms with Gasteiger partial charge in [-0.25, -0.2) is 9.97 Å². The first-order valence-corrected chi connectivity index (χ1v) is 19.3. The summed E-state index contributed by atoms with van der Waals surface area (Å²) >= 11 is 0. The number of para-hydroxylation sites is 3. The topological polar surface area (TPSA) is 47.1 Å². The van der Waals surface area contributed by atoms with Crippen LogP contribution in [0.4, 0.5) is 17.1 Å². The fourth-order valence-corrected chi connectivity index (χ4v) is 9.38. The highest BCUT2D eigenvalue weighted by Gasteiger charge is 2.28. The molecule has 13 rings (SSSR count). The third kappa shape index (κ3) is 4.28. The van der Waals surface area contributed by atoms with Crippen molar-refractivity contribution in [3.8, 4) is 28.3 Å². The van der Waals surface area contributed by atoms with Crippen molar-refractivity contribution in [2.45, 2.75) is 0 Å². The number of furan rings is 1. The molecule has 0 unspecified atom stereocenters. The zero-order chi connectivity index (χ0) is 37.2. The van der Waals surface area contributed by atoms with Gasteiger partial charge in [0.1, 0.15) is 11.1 Å². The van der Waals surface area contributed by atoms with Crippen molar-refractivity contribution in [2.24, 2.45) is 0 Å². The largest absolute Gasteiger partial charge is 0.450 e. The second kappa shape index (κ2) is 11.4. The highest BCUT2D eigenvalue weighted by atomic mass is 16.3. The number of fused-ring (bicyclic) bond motifs is 10. The molecule has 5 heteroatoms. The molecule has 1 aliphatic rings. The minimum atomic E-state index is 0.637. The van der Waals surface area contributed by atoms with Crippen LogP contribution in [0.3, 0.4) is 0 Å². The molecule has 57 heavy (non-hydrogen) atoms. The van der Waals surface area contributed by atoms with Crippen LogP contribution in [0.15, 0.2) is 186 Å². The summed E-state index contributed by atoms with van der Waals surface area (Å²) in [5, 5.41) is 10.3. The summed E-state index contributed by atoms with van der Waals surface area (Å²) in [6, 6.07) is 65.0. The van der Waals surface area contributed by atoms with E-state index in [2.05, 4.69) is 173 Å². The summed E-state index contributed by atoms with van der Waals surface area (Å²) in [6.07, 6.45) is 0. The molecule has 0 atom stereocenters. The maximum Gasteiger partial charge on any atom is 0.197 e. The van der Waals surface area contributed by atoms with Gasteiger partial charge in [-0.1, -0.05) is 127 Å². The molecule has 0 bridgehead atoms. The highest BCUT2D eigenvalue weighted by molar-refractivity contribution is 6.17. The second-order valence-electron chi connectivity index (χ2n) is 15.0. The van der Waals surface area contributed by atoms with E-state index < -0.39 is 0 Å². The number of aromatic nitrogens is 3. The molecule has 0 N–H and O–H groups in total. The summed E-state index contributed by atoms with van der Waals surface area (Å²) in [5.41, 5.74) is 11.1. The van der Waals surface area contributed by atoms with E-state index >= 15 is 0 Å². The van der Waals surface area contributed by atoms with Gasteiger partial charge >= 0.3 is 0 Å². The molecule has 12 aromatic rings. The molecule has 264 valence electrons. The molecule has 1 aliphatic heterocycles. The van der Waals surface area contributed by atoms with Gasteiger partial charge in [-0.3, -0.25) is 4.57 Å². The van der Waals surface area contributed by atoms with E-state index in [1.165, 1.54) is 32.7 Å². The lowest BCUT2D eigenvalue weighted by molar-refractivity contribution is 0.662. The monoisotopic (exact) mass is 726 g/mol. The van der Waals surface area contributed by atoms with E-state index in [0.29, 0.717) is 17.2 Å². The number of anilines is 3.